The maximum absolute atomic E-state index is 10.7. The molecule has 0 aromatic rings. The summed E-state index contributed by atoms with van der Waals surface area (Å²) in [5.41, 5.74) is 0. The molecule has 1 rings (SSSR count). The summed E-state index contributed by atoms with van der Waals surface area (Å²) in [7, 11) is 3.19. The molecule has 0 aromatic heterocycles. The van der Waals surface area contributed by atoms with Gasteiger partial charge in [-0.3, -0.25) is 9.59 Å². The number of ether oxygens (including phenoxy) is 1. The molecular formula is C12H24N4O3V2-2. The van der Waals surface area contributed by atoms with Gasteiger partial charge in [0.25, 0.3) is 5.97 Å². The van der Waals surface area contributed by atoms with Crippen molar-refractivity contribution in [1.82, 2.24) is 21.3 Å². The molecule has 1 fully saturated rings. The Bertz CT molecular complexity index is 283. The molecule has 2 atom stereocenters. The predicted octanol–water partition coefficient (Wildman–Crippen LogP) is -1.93. The minimum Gasteiger partial charge on any atom is -0.470 e. The Labute approximate surface area is 150 Å². The average Bonchev–Trinajstić information content (AvgIpc) is 2.42. The Balaban J connectivity index is -0.000000291. The van der Waals surface area contributed by atoms with Crippen LogP contribution in [0.1, 0.15) is 0 Å². The van der Waals surface area contributed by atoms with Crippen molar-refractivity contribution in [1.29, 1.82) is 0 Å². The van der Waals surface area contributed by atoms with Crippen LogP contribution in [0.15, 0.2) is 0 Å². The molecule has 122 valence electrons. The molecule has 1 amide bonds. The van der Waals surface area contributed by atoms with Crippen LogP contribution in [0.4, 0.5) is 0 Å². The summed E-state index contributed by atoms with van der Waals surface area (Å²) in [6.45, 7) is 10.2. The molecule has 0 aromatic carbocycles. The number of piperazine rings is 1. The van der Waals surface area contributed by atoms with E-state index in [0.29, 0.717) is 6.54 Å². The van der Waals surface area contributed by atoms with Gasteiger partial charge in [-0.2, -0.15) is 0 Å². The van der Waals surface area contributed by atoms with Gasteiger partial charge in [0, 0.05) is 63.3 Å². The fourth-order valence-corrected chi connectivity index (χ4v) is 1.24. The Kier molecular flexibility index (Phi) is 20.2. The fraction of sp³-hybridized carbons (Fsp3) is 0.667. The van der Waals surface area contributed by atoms with Gasteiger partial charge in [-0.05, 0) is 19.1 Å². The number of likely N-dealkylation sites (N-methyl/N-ethyl adjacent to an activating group) is 1. The monoisotopic (exact) mass is 374 g/mol. The molecule has 1 aliphatic heterocycles. The molecule has 2 radical (unpaired) electrons. The first-order valence-electron chi connectivity index (χ1n) is 6.16. The van der Waals surface area contributed by atoms with Crippen molar-refractivity contribution in [3.8, 4) is 0 Å². The number of methoxy groups -OCH3 is 1. The van der Waals surface area contributed by atoms with E-state index in [4.69, 9.17) is 0 Å². The zero-order chi connectivity index (χ0) is 14.7. The maximum atomic E-state index is 10.7. The molecule has 2 unspecified atom stereocenters. The van der Waals surface area contributed by atoms with Crippen LogP contribution in [0.3, 0.4) is 0 Å². The Morgan fingerprint density at radius 3 is 2.43 bits per heavy atom. The van der Waals surface area contributed by atoms with Crippen LogP contribution in [-0.4, -0.2) is 64.3 Å². The normalized spacial score (nSPS) is 17.9. The zero-order valence-corrected chi connectivity index (χ0v) is 15.3. The number of amides is 1. The first-order chi connectivity index (χ1) is 9.02. The van der Waals surface area contributed by atoms with Gasteiger partial charge in [0.2, 0.25) is 5.91 Å². The molecule has 1 saturated heterocycles. The minimum atomic E-state index is -0.464. The van der Waals surface area contributed by atoms with Gasteiger partial charge in [-0.1, -0.05) is 0 Å². The largest absolute Gasteiger partial charge is 0.470 e. The van der Waals surface area contributed by atoms with Crippen LogP contribution in [0.25, 0.3) is 0 Å². The smallest absolute Gasteiger partial charge is 0.291 e. The quantitative estimate of drug-likeness (QED) is 0.255. The van der Waals surface area contributed by atoms with E-state index in [-0.39, 0.29) is 55.0 Å². The van der Waals surface area contributed by atoms with Crippen molar-refractivity contribution in [2.75, 3.05) is 40.3 Å². The average molecular weight is 374 g/mol. The van der Waals surface area contributed by atoms with Crippen LogP contribution >= 0.6 is 0 Å². The predicted molar refractivity (Wildman–Crippen MR) is 73.2 cm³/mol. The summed E-state index contributed by atoms with van der Waals surface area (Å²) in [6.07, 6.45) is 0. The van der Waals surface area contributed by atoms with Crippen molar-refractivity contribution >= 4 is 11.9 Å². The van der Waals surface area contributed by atoms with Gasteiger partial charge in [-0.25, -0.2) is 0 Å². The Morgan fingerprint density at radius 2 is 2.05 bits per heavy atom. The van der Waals surface area contributed by atoms with Crippen molar-refractivity contribution in [3.05, 3.63) is 13.8 Å². The van der Waals surface area contributed by atoms with Gasteiger partial charge < -0.3 is 39.9 Å². The van der Waals surface area contributed by atoms with E-state index in [1.165, 1.54) is 7.11 Å². The second-order valence-electron chi connectivity index (χ2n) is 3.93. The molecule has 0 aliphatic carbocycles. The molecular weight excluding hydrogens is 350 g/mol. The van der Waals surface area contributed by atoms with E-state index in [1.54, 1.807) is 0 Å². The second kappa shape index (κ2) is 16.4. The molecule has 0 saturated carbocycles. The van der Waals surface area contributed by atoms with Gasteiger partial charge in [0.05, 0.1) is 7.11 Å². The van der Waals surface area contributed by atoms with Crippen molar-refractivity contribution in [2.24, 2.45) is 0 Å². The number of hydrogen-bond acceptors (Lipinski definition) is 6. The molecule has 1 heterocycles. The summed E-state index contributed by atoms with van der Waals surface area (Å²) in [5, 5.41) is 11.4. The Morgan fingerprint density at radius 1 is 1.43 bits per heavy atom. The van der Waals surface area contributed by atoms with Crippen LogP contribution < -0.4 is 21.3 Å². The number of carbonyl (C=O) groups excluding carboxylic acids is 2. The molecule has 0 bridgehead atoms. The third kappa shape index (κ3) is 13.4. The van der Waals surface area contributed by atoms with E-state index in [1.807, 2.05) is 7.05 Å². The number of hydrogen-bond donors (Lipinski definition) is 4. The maximum Gasteiger partial charge on any atom is 0.291 e. The summed E-state index contributed by atoms with van der Waals surface area (Å²) >= 11 is 0. The second-order valence-corrected chi connectivity index (χ2v) is 3.93. The summed E-state index contributed by atoms with van der Waals surface area (Å²) in [4.78, 5) is 21.3. The van der Waals surface area contributed by atoms with E-state index < -0.39 is 6.04 Å². The van der Waals surface area contributed by atoms with Crippen molar-refractivity contribution in [3.63, 3.8) is 0 Å². The zero-order valence-electron chi connectivity index (χ0n) is 12.5. The number of carbonyl (C=O) groups is 2. The first-order valence-corrected chi connectivity index (χ1v) is 6.16. The third-order valence-corrected chi connectivity index (χ3v) is 2.38. The van der Waals surface area contributed by atoms with Crippen molar-refractivity contribution < 1.29 is 51.4 Å². The number of esters is 1. The molecule has 7 nitrogen and oxygen atoms in total. The number of nitrogens with one attached hydrogen (secondary N) is 4. The van der Waals surface area contributed by atoms with E-state index >= 15 is 0 Å². The van der Waals surface area contributed by atoms with Crippen LogP contribution in [0.5, 0.6) is 0 Å². The standard InChI is InChI=1S/C7H15N2O2.C5H9N2O.2V/c1-6(7(10)11-3)9-5-4-8-2;1-4-5(8)7-3-2-6-4;;/h6,8-9H,1,4-5H2,2-3H3;4,6H,1-3H2,(H,7,8);;/q2*-1;;. The van der Waals surface area contributed by atoms with Gasteiger partial charge in [0.15, 0.2) is 0 Å². The van der Waals surface area contributed by atoms with Crippen LogP contribution in [0, 0.1) is 13.8 Å². The summed E-state index contributed by atoms with van der Waals surface area (Å²) in [5.74, 6) is -0.336. The van der Waals surface area contributed by atoms with E-state index in [9.17, 15) is 9.59 Å². The topological polar surface area (TPSA) is 91.5 Å². The van der Waals surface area contributed by atoms with Crippen LogP contribution in [0.2, 0.25) is 0 Å². The molecule has 21 heavy (non-hydrogen) atoms. The van der Waals surface area contributed by atoms with Gasteiger partial charge in [0.1, 0.15) is 0 Å². The number of rotatable bonds is 5. The van der Waals surface area contributed by atoms with Crippen LogP contribution in [-0.2, 0) is 51.4 Å². The van der Waals surface area contributed by atoms with Crippen molar-refractivity contribution in [2.45, 2.75) is 12.1 Å². The van der Waals surface area contributed by atoms with Gasteiger partial charge in [-0.15, -0.1) is 0 Å². The molecule has 4 N–H and O–H groups in total. The van der Waals surface area contributed by atoms with Gasteiger partial charge >= 0.3 is 0 Å². The third-order valence-electron chi connectivity index (χ3n) is 2.38. The SMILES string of the molecule is [CH2-]C(NCCNC)C(=O)OC.[CH2-]C1NCCNC1=O.[V].[V]. The summed E-state index contributed by atoms with van der Waals surface area (Å²) in [6, 6.07) is -0.711. The first kappa shape index (κ1) is 25.9. The molecule has 1 aliphatic rings. The van der Waals surface area contributed by atoms with E-state index in [0.717, 1.165) is 19.6 Å². The summed E-state index contributed by atoms with van der Waals surface area (Å²) < 4.78 is 4.46. The fourth-order valence-electron chi connectivity index (χ4n) is 1.24. The molecule has 0 spiro atoms. The minimum absolute atomic E-state index is 0. The van der Waals surface area contributed by atoms with E-state index in [2.05, 4.69) is 39.9 Å². The molecule has 9 heteroatoms. The Hall–Kier alpha value is -0.0112.